The van der Waals surface area contributed by atoms with Gasteiger partial charge in [-0.2, -0.15) is 5.26 Å². The summed E-state index contributed by atoms with van der Waals surface area (Å²) in [7, 11) is 0. The smallest absolute Gasteiger partial charge is 0.335 e. The number of hydrogen-bond acceptors (Lipinski definition) is 4. The molecule has 0 bridgehead atoms. The molecule has 1 heterocycles. The van der Waals surface area contributed by atoms with E-state index in [1.807, 2.05) is 18.2 Å². The fraction of sp³-hybridized carbons (Fsp3) is 0.0526. The molecule has 5 nitrogen and oxygen atoms in total. The molecule has 3 aromatic rings. The van der Waals surface area contributed by atoms with Crippen molar-refractivity contribution in [1.82, 2.24) is 9.97 Å². The summed E-state index contributed by atoms with van der Waals surface area (Å²) in [6.07, 6.45) is 3.92. The highest BCUT2D eigenvalue weighted by atomic mass is 16.4. The summed E-state index contributed by atoms with van der Waals surface area (Å²) in [4.78, 5) is 19.7. The minimum atomic E-state index is -0.950. The third-order valence-electron chi connectivity index (χ3n) is 3.59. The van der Waals surface area contributed by atoms with E-state index >= 15 is 0 Å². The molecule has 2 aromatic carbocycles. The molecule has 0 aliphatic rings. The molecule has 1 aromatic heterocycles. The van der Waals surface area contributed by atoms with Crippen molar-refractivity contribution in [3.8, 4) is 17.2 Å². The number of rotatable bonds is 4. The normalized spacial score (nSPS) is 10.1. The number of carboxylic acid groups (broad SMARTS) is 1. The second-order valence-corrected chi connectivity index (χ2v) is 5.26. The lowest BCUT2D eigenvalue weighted by Crippen LogP contribution is -2.00. The lowest BCUT2D eigenvalue weighted by atomic mass is 10.1. The molecular weight excluding hydrogens is 302 g/mol. The zero-order chi connectivity index (χ0) is 16.9. The van der Waals surface area contributed by atoms with Gasteiger partial charge >= 0.3 is 5.97 Å². The van der Waals surface area contributed by atoms with Crippen molar-refractivity contribution in [3.63, 3.8) is 0 Å². The van der Waals surface area contributed by atoms with Crippen molar-refractivity contribution in [3.05, 3.63) is 83.4 Å². The molecule has 1 N–H and O–H groups in total. The van der Waals surface area contributed by atoms with Gasteiger partial charge in [-0.05, 0) is 35.4 Å². The molecule has 5 heteroatoms. The van der Waals surface area contributed by atoms with E-state index in [-0.39, 0.29) is 5.56 Å². The minimum absolute atomic E-state index is 0.252. The first-order valence-corrected chi connectivity index (χ1v) is 7.29. The average Bonchev–Trinajstić information content (AvgIpc) is 2.63. The third-order valence-corrected chi connectivity index (χ3v) is 3.59. The number of aromatic nitrogens is 2. The van der Waals surface area contributed by atoms with E-state index in [1.165, 1.54) is 0 Å². The van der Waals surface area contributed by atoms with Crippen LogP contribution in [0.2, 0.25) is 0 Å². The van der Waals surface area contributed by atoms with Gasteiger partial charge in [0.1, 0.15) is 5.82 Å². The van der Waals surface area contributed by atoms with Gasteiger partial charge in [0.15, 0.2) is 0 Å². The fourth-order valence-corrected chi connectivity index (χ4v) is 2.33. The fourth-order valence-electron chi connectivity index (χ4n) is 2.33. The van der Waals surface area contributed by atoms with E-state index in [9.17, 15) is 4.79 Å². The lowest BCUT2D eigenvalue weighted by molar-refractivity contribution is 0.0696. The van der Waals surface area contributed by atoms with Gasteiger partial charge in [-0.3, -0.25) is 0 Å². The summed E-state index contributed by atoms with van der Waals surface area (Å²) < 4.78 is 0. The number of carboxylic acids is 1. The first-order valence-electron chi connectivity index (χ1n) is 7.29. The second kappa shape index (κ2) is 6.71. The predicted octanol–water partition coefficient (Wildman–Crippen LogP) is 3.30. The van der Waals surface area contributed by atoms with Crippen molar-refractivity contribution in [2.75, 3.05) is 0 Å². The predicted molar refractivity (Wildman–Crippen MR) is 88.4 cm³/mol. The Morgan fingerprint density at radius 2 is 1.75 bits per heavy atom. The van der Waals surface area contributed by atoms with Crippen LogP contribution >= 0.6 is 0 Å². The molecule has 0 spiro atoms. The molecule has 3 rings (SSSR count). The maximum absolute atomic E-state index is 11.0. The summed E-state index contributed by atoms with van der Waals surface area (Å²) in [6.45, 7) is 0. The van der Waals surface area contributed by atoms with Gasteiger partial charge in [0.2, 0.25) is 0 Å². The highest BCUT2D eigenvalue weighted by Gasteiger charge is 2.06. The lowest BCUT2D eigenvalue weighted by Gasteiger charge is -2.04. The number of hydrogen-bond donors (Lipinski definition) is 1. The van der Waals surface area contributed by atoms with Crippen LogP contribution in [0.1, 0.15) is 27.3 Å². The summed E-state index contributed by atoms with van der Waals surface area (Å²) in [5.74, 6) is -0.330. The molecule has 116 valence electrons. The van der Waals surface area contributed by atoms with E-state index in [0.717, 1.165) is 16.7 Å². The molecule has 24 heavy (non-hydrogen) atoms. The second-order valence-electron chi connectivity index (χ2n) is 5.26. The maximum Gasteiger partial charge on any atom is 0.335 e. The van der Waals surface area contributed by atoms with Gasteiger partial charge < -0.3 is 5.11 Å². The third kappa shape index (κ3) is 3.45. The van der Waals surface area contributed by atoms with Crippen molar-refractivity contribution in [2.24, 2.45) is 0 Å². The Morgan fingerprint density at radius 3 is 2.38 bits per heavy atom. The van der Waals surface area contributed by atoms with E-state index in [2.05, 4.69) is 16.0 Å². The molecule has 0 saturated carbocycles. The Labute approximate surface area is 138 Å². The van der Waals surface area contributed by atoms with Gasteiger partial charge in [0.25, 0.3) is 0 Å². The van der Waals surface area contributed by atoms with Crippen LogP contribution in [-0.4, -0.2) is 21.0 Å². The van der Waals surface area contributed by atoms with E-state index in [1.54, 1.807) is 42.7 Å². The average molecular weight is 315 g/mol. The Hall–Kier alpha value is -3.52. The van der Waals surface area contributed by atoms with Crippen LogP contribution in [0.3, 0.4) is 0 Å². The Morgan fingerprint density at radius 1 is 1.04 bits per heavy atom. The maximum atomic E-state index is 11.0. The first kappa shape index (κ1) is 15.4. The molecule has 0 amide bonds. The quantitative estimate of drug-likeness (QED) is 0.798. The number of nitrogens with zero attached hydrogens (tertiary/aromatic N) is 3. The molecule has 0 saturated heterocycles. The first-order chi connectivity index (χ1) is 11.7. The van der Waals surface area contributed by atoms with Gasteiger partial charge in [0, 0.05) is 24.4 Å². The summed E-state index contributed by atoms with van der Waals surface area (Å²) in [5, 5.41) is 17.8. The number of benzene rings is 2. The van der Waals surface area contributed by atoms with Crippen LogP contribution in [0.15, 0.2) is 60.9 Å². The van der Waals surface area contributed by atoms with E-state index in [4.69, 9.17) is 10.4 Å². The molecule has 0 aliphatic carbocycles. The zero-order valence-corrected chi connectivity index (χ0v) is 12.7. The summed E-state index contributed by atoms with van der Waals surface area (Å²) in [6, 6.07) is 16.0. The van der Waals surface area contributed by atoms with Crippen LogP contribution in [0.4, 0.5) is 0 Å². The molecule has 0 unspecified atom stereocenters. The SMILES string of the molecule is N#Cc1ccc(-c2cnc(Cc3cccc(C(=O)O)c3)nc2)cc1. The van der Waals surface area contributed by atoms with Crippen molar-refractivity contribution < 1.29 is 9.90 Å². The summed E-state index contributed by atoms with van der Waals surface area (Å²) >= 11 is 0. The van der Waals surface area contributed by atoms with Crippen LogP contribution < -0.4 is 0 Å². The van der Waals surface area contributed by atoms with Gasteiger partial charge in [0.05, 0.1) is 17.2 Å². The van der Waals surface area contributed by atoms with Crippen LogP contribution in [0.5, 0.6) is 0 Å². The van der Waals surface area contributed by atoms with Crippen molar-refractivity contribution in [1.29, 1.82) is 5.26 Å². The monoisotopic (exact) mass is 315 g/mol. The Bertz CT molecular complexity index is 911. The topological polar surface area (TPSA) is 86.9 Å². The van der Waals surface area contributed by atoms with Gasteiger partial charge in [-0.1, -0.05) is 24.3 Å². The Balaban J connectivity index is 1.78. The summed E-state index contributed by atoms with van der Waals surface area (Å²) in [5.41, 5.74) is 3.51. The Kier molecular flexibility index (Phi) is 4.30. The standard InChI is InChI=1S/C19H13N3O2/c20-10-13-4-6-15(7-5-13)17-11-21-18(22-12-17)9-14-2-1-3-16(8-14)19(23)24/h1-8,11-12H,9H2,(H,23,24). The van der Waals surface area contributed by atoms with E-state index < -0.39 is 5.97 Å². The molecular formula is C19H13N3O2. The molecule has 0 atom stereocenters. The number of nitriles is 1. The highest BCUT2D eigenvalue weighted by Crippen LogP contribution is 2.18. The van der Waals surface area contributed by atoms with Gasteiger partial charge in [-0.15, -0.1) is 0 Å². The van der Waals surface area contributed by atoms with E-state index in [0.29, 0.717) is 17.8 Å². The number of aromatic carboxylic acids is 1. The van der Waals surface area contributed by atoms with Gasteiger partial charge in [-0.25, -0.2) is 14.8 Å². The molecule has 0 radical (unpaired) electrons. The van der Waals surface area contributed by atoms with Crippen LogP contribution in [0.25, 0.3) is 11.1 Å². The highest BCUT2D eigenvalue weighted by molar-refractivity contribution is 5.87. The van der Waals surface area contributed by atoms with Crippen LogP contribution in [0, 0.1) is 11.3 Å². The minimum Gasteiger partial charge on any atom is -0.478 e. The van der Waals surface area contributed by atoms with Crippen LogP contribution in [-0.2, 0) is 6.42 Å². The molecule has 0 fully saturated rings. The van der Waals surface area contributed by atoms with Crippen molar-refractivity contribution in [2.45, 2.75) is 6.42 Å². The molecule has 0 aliphatic heterocycles. The largest absolute Gasteiger partial charge is 0.478 e. The number of carbonyl (C=O) groups is 1. The van der Waals surface area contributed by atoms with Crippen molar-refractivity contribution >= 4 is 5.97 Å². The zero-order valence-electron chi connectivity index (χ0n) is 12.7.